The highest BCUT2D eigenvalue weighted by atomic mass is 32.2. The van der Waals surface area contributed by atoms with E-state index in [-0.39, 0.29) is 17.1 Å². The average Bonchev–Trinajstić information content (AvgIpc) is 2.81. The molecule has 8 heteroatoms. The third-order valence-electron chi connectivity index (χ3n) is 2.29. The van der Waals surface area contributed by atoms with Gasteiger partial charge in [0.2, 0.25) is 5.91 Å². The van der Waals surface area contributed by atoms with Gasteiger partial charge in [-0.25, -0.2) is 8.42 Å². The molecule has 0 aliphatic heterocycles. The van der Waals surface area contributed by atoms with Crippen LogP contribution in [-0.4, -0.2) is 19.5 Å². The zero-order valence-electron chi connectivity index (χ0n) is 9.74. The highest BCUT2D eigenvalue weighted by Crippen LogP contribution is 2.15. The van der Waals surface area contributed by atoms with Crippen LogP contribution >= 0.6 is 0 Å². The number of nitrogens with one attached hydrogen (secondary N) is 1. The number of hydrogen-bond acceptors (Lipinski definition) is 5. The van der Waals surface area contributed by atoms with Gasteiger partial charge in [-0.1, -0.05) is 17.3 Å². The fourth-order valence-corrected chi connectivity index (χ4v) is 2.44. The molecule has 1 amide bonds. The lowest BCUT2D eigenvalue weighted by atomic mass is 10.1. The molecule has 100 valence electrons. The van der Waals surface area contributed by atoms with Crippen LogP contribution in [0.15, 0.2) is 46.0 Å². The summed E-state index contributed by atoms with van der Waals surface area (Å²) in [6.07, 6.45) is 1.32. The molecular formula is C11H11N3O4S. The van der Waals surface area contributed by atoms with E-state index in [1.165, 1.54) is 36.6 Å². The molecule has 0 unspecified atom stereocenters. The first-order valence-corrected chi connectivity index (χ1v) is 6.76. The number of nitrogens with zero attached hydrogens (tertiary/aromatic N) is 1. The molecule has 0 aliphatic rings. The highest BCUT2D eigenvalue weighted by molar-refractivity contribution is 7.92. The van der Waals surface area contributed by atoms with Crippen LogP contribution in [0.5, 0.6) is 0 Å². The van der Waals surface area contributed by atoms with E-state index in [1.54, 1.807) is 0 Å². The van der Waals surface area contributed by atoms with Crippen LogP contribution in [0, 0.1) is 0 Å². The first kappa shape index (κ1) is 13.1. The quantitative estimate of drug-likeness (QED) is 0.828. The zero-order valence-corrected chi connectivity index (χ0v) is 10.6. The van der Waals surface area contributed by atoms with Crippen LogP contribution in [0.1, 0.15) is 5.56 Å². The molecule has 2 rings (SSSR count). The highest BCUT2D eigenvalue weighted by Gasteiger charge is 2.15. The Morgan fingerprint density at radius 1 is 1.26 bits per heavy atom. The summed E-state index contributed by atoms with van der Waals surface area (Å²) >= 11 is 0. The van der Waals surface area contributed by atoms with Crippen LogP contribution in [0.25, 0.3) is 0 Å². The van der Waals surface area contributed by atoms with Gasteiger partial charge in [-0.3, -0.25) is 9.52 Å². The Morgan fingerprint density at radius 2 is 1.95 bits per heavy atom. The van der Waals surface area contributed by atoms with E-state index in [2.05, 4.69) is 14.4 Å². The minimum Gasteiger partial charge on any atom is -0.369 e. The number of carbonyl (C=O) groups is 1. The molecule has 1 aromatic carbocycles. The predicted octanol–water partition coefficient (Wildman–Crippen LogP) is 0.503. The molecule has 19 heavy (non-hydrogen) atoms. The van der Waals surface area contributed by atoms with Crippen molar-refractivity contribution in [3.63, 3.8) is 0 Å². The van der Waals surface area contributed by atoms with Gasteiger partial charge in [0.05, 0.1) is 11.3 Å². The van der Waals surface area contributed by atoms with Crippen LogP contribution < -0.4 is 10.5 Å². The number of rotatable bonds is 5. The number of carbonyl (C=O) groups excluding carboxylic acids is 1. The zero-order chi connectivity index (χ0) is 13.9. The fourth-order valence-electron chi connectivity index (χ4n) is 1.45. The molecule has 0 saturated heterocycles. The lowest BCUT2D eigenvalue weighted by Crippen LogP contribution is -2.15. The van der Waals surface area contributed by atoms with Crippen molar-refractivity contribution in [2.24, 2.45) is 5.73 Å². The van der Waals surface area contributed by atoms with Gasteiger partial charge in [0.25, 0.3) is 10.0 Å². The first-order valence-electron chi connectivity index (χ1n) is 5.28. The van der Waals surface area contributed by atoms with Crippen molar-refractivity contribution >= 4 is 21.7 Å². The smallest absolute Gasteiger partial charge is 0.263 e. The number of primary amides is 1. The number of aromatic nitrogens is 1. The van der Waals surface area contributed by atoms with Gasteiger partial charge in [0, 0.05) is 6.07 Å². The molecule has 1 heterocycles. The van der Waals surface area contributed by atoms with Gasteiger partial charge < -0.3 is 10.3 Å². The molecule has 3 N–H and O–H groups in total. The number of sulfonamides is 1. The number of hydrogen-bond donors (Lipinski definition) is 2. The molecular weight excluding hydrogens is 270 g/mol. The van der Waals surface area contributed by atoms with Gasteiger partial charge >= 0.3 is 0 Å². The molecule has 0 radical (unpaired) electrons. The molecule has 2 aromatic rings. The van der Waals surface area contributed by atoms with Crippen LogP contribution in [0.4, 0.5) is 5.82 Å². The standard InChI is InChI=1S/C11H11N3O4S/c12-10(15)7-8-1-3-9(4-2-8)19(16,17)14-11-5-6-18-13-11/h1-6H,7H2,(H2,12,15)(H,13,14). The summed E-state index contributed by atoms with van der Waals surface area (Å²) in [5, 5.41) is 3.46. The minimum atomic E-state index is -3.72. The Balaban J connectivity index is 2.19. The molecule has 0 spiro atoms. The lowest BCUT2D eigenvalue weighted by Gasteiger charge is -2.05. The third kappa shape index (κ3) is 3.32. The van der Waals surface area contributed by atoms with Crippen molar-refractivity contribution in [2.45, 2.75) is 11.3 Å². The number of benzene rings is 1. The topological polar surface area (TPSA) is 115 Å². The van der Waals surface area contributed by atoms with Crippen molar-refractivity contribution in [2.75, 3.05) is 4.72 Å². The summed E-state index contributed by atoms with van der Waals surface area (Å²) in [7, 11) is -3.72. The molecule has 1 aromatic heterocycles. The second-order valence-electron chi connectivity index (χ2n) is 3.78. The lowest BCUT2D eigenvalue weighted by molar-refractivity contribution is -0.117. The number of amides is 1. The fraction of sp³-hybridized carbons (Fsp3) is 0.0909. The van der Waals surface area contributed by atoms with E-state index >= 15 is 0 Å². The van der Waals surface area contributed by atoms with E-state index in [9.17, 15) is 13.2 Å². The maximum absolute atomic E-state index is 11.9. The SMILES string of the molecule is NC(=O)Cc1ccc(S(=O)(=O)Nc2ccon2)cc1. The van der Waals surface area contributed by atoms with Crippen molar-refractivity contribution in [3.05, 3.63) is 42.2 Å². The molecule has 0 saturated carbocycles. The van der Waals surface area contributed by atoms with Crippen molar-refractivity contribution in [3.8, 4) is 0 Å². The summed E-state index contributed by atoms with van der Waals surface area (Å²) < 4.78 is 30.7. The average molecular weight is 281 g/mol. The van der Waals surface area contributed by atoms with Crippen LogP contribution in [0.2, 0.25) is 0 Å². The second kappa shape index (κ2) is 5.11. The summed E-state index contributed by atoms with van der Waals surface area (Å²) in [4.78, 5) is 10.8. The third-order valence-corrected chi connectivity index (χ3v) is 3.66. The Labute approximate surface area is 109 Å². The van der Waals surface area contributed by atoms with Crippen molar-refractivity contribution in [1.29, 1.82) is 0 Å². The van der Waals surface area contributed by atoms with E-state index in [1.807, 2.05) is 0 Å². The maximum atomic E-state index is 11.9. The van der Waals surface area contributed by atoms with Crippen LogP contribution in [0.3, 0.4) is 0 Å². The van der Waals surface area contributed by atoms with Gasteiger partial charge in [0.1, 0.15) is 6.26 Å². The minimum absolute atomic E-state index is 0.0590. The van der Waals surface area contributed by atoms with E-state index < -0.39 is 15.9 Å². The normalized spacial score (nSPS) is 11.2. The van der Waals surface area contributed by atoms with Crippen molar-refractivity contribution in [1.82, 2.24) is 5.16 Å². The predicted molar refractivity (Wildman–Crippen MR) is 66.7 cm³/mol. The second-order valence-corrected chi connectivity index (χ2v) is 5.46. The van der Waals surface area contributed by atoms with Gasteiger partial charge in [-0.15, -0.1) is 0 Å². The number of nitrogens with two attached hydrogens (primary N) is 1. The van der Waals surface area contributed by atoms with E-state index in [0.717, 1.165) is 0 Å². The largest absolute Gasteiger partial charge is 0.369 e. The number of anilines is 1. The Bertz CT molecular complexity index is 662. The Hall–Kier alpha value is -2.35. The van der Waals surface area contributed by atoms with Gasteiger partial charge in [0.15, 0.2) is 5.82 Å². The van der Waals surface area contributed by atoms with E-state index in [4.69, 9.17) is 5.73 Å². The summed E-state index contributed by atoms with van der Waals surface area (Å²) in [5.74, 6) is -0.377. The summed E-state index contributed by atoms with van der Waals surface area (Å²) in [5.41, 5.74) is 5.70. The first-order chi connectivity index (χ1) is 8.97. The maximum Gasteiger partial charge on any atom is 0.263 e. The monoisotopic (exact) mass is 281 g/mol. The van der Waals surface area contributed by atoms with Crippen LogP contribution in [-0.2, 0) is 21.2 Å². The van der Waals surface area contributed by atoms with Gasteiger partial charge in [-0.2, -0.15) is 0 Å². The molecule has 0 fully saturated rings. The summed E-state index contributed by atoms with van der Waals surface area (Å²) in [6.45, 7) is 0. The molecule has 0 atom stereocenters. The van der Waals surface area contributed by atoms with E-state index in [0.29, 0.717) is 5.56 Å². The summed E-state index contributed by atoms with van der Waals surface area (Å²) in [6, 6.07) is 7.23. The molecule has 0 bridgehead atoms. The Kier molecular flexibility index (Phi) is 3.52. The molecule has 0 aliphatic carbocycles. The Morgan fingerprint density at radius 3 is 2.47 bits per heavy atom. The van der Waals surface area contributed by atoms with Gasteiger partial charge in [-0.05, 0) is 17.7 Å². The molecule has 7 nitrogen and oxygen atoms in total. The van der Waals surface area contributed by atoms with Crippen molar-refractivity contribution < 1.29 is 17.7 Å².